The van der Waals surface area contributed by atoms with Crippen molar-refractivity contribution in [3.05, 3.63) is 41.2 Å². The van der Waals surface area contributed by atoms with Crippen LogP contribution in [0.3, 0.4) is 0 Å². The van der Waals surface area contributed by atoms with Crippen LogP contribution in [0.1, 0.15) is 23.9 Å². The molecule has 1 aromatic heterocycles. The second-order valence-corrected chi connectivity index (χ2v) is 6.94. The Bertz CT molecular complexity index is 787. The summed E-state index contributed by atoms with van der Waals surface area (Å²) in [5.74, 6) is 1.77. The van der Waals surface area contributed by atoms with Gasteiger partial charge in [0.2, 0.25) is 6.79 Å². The molecule has 0 saturated heterocycles. The van der Waals surface area contributed by atoms with Gasteiger partial charge in [0.05, 0.1) is 5.69 Å². The van der Waals surface area contributed by atoms with Gasteiger partial charge in [0, 0.05) is 32.4 Å². The monoisotopic (exact) mass is 358 g/mol. The largest absolute Gasteiger partial charge is 0.454 e. The van der Waals surface area contributed by atoms with Gasteiger partial charge in [0.25, 0.3) is 0 Å². The van der Waals surface area contributed by atoms with E-state index in [0.717, 1.165) is 35.0 Å². The van der Waals surface area contributed by atoms with Crippen molar-refractivity contribution in [1.82, 2.24) is 20.0 Å². The molecule has 26 heavy (non-hydrogen) atoms. The molecule has 2 amide bonds. The average molecular weight is 358 g/mol. The molecule has 2 heterocycles. The summed E-state index contributed by atoms with van der Waals surface area (Å²) in [6, 6.07) is 7.70. The zero-order valence-electron chi connectivity index (χ0n) is 15.8. The highest BCUT2D eigenvalue weighted by molar-refractivity contribution is 5.73. The van der Waals surface area contributed by atoms with Gasteiger partial charge < -0.3 is 19.7 Å². The number of carbonyl (C=O) groups is 1. The van der Waals surface area contributed by atoms with Gasteiger partial charge in [-0.05, 0) is 43.5 Å². The minimum Gasteiger partial charge on any atom is -0.454 e. The number of hydrogen-bond donors (Lipinski definition) is 1. The second kappa shape index (κ2) is 7.68. The van der Waals surface area contributed by atoms with Gasteiger partial charge in [0.15, 0.2) is 11.5 Å². The average Bonchev–Trinajstić information content (AvgIpc) is 3.18. The van der Waals surface area contributed by atoms with Crippen molar-refractivity contribution in [2.24, 2.45) is 5.92 Å². The third-order valence-electron chi connectivity index (χ3n) is 4.39. The summed E-state index contributed by atoms with van der Waals surface area (Å²) in [6.45, 7) is 8.28. The normalized spacial score (nSPS) is 13.5. The van der Waals surface area contributed by atoms with Crippen molar-refractivity contribution in [2.45, 2.75) is 33.9 Å². The van der Waals surface area contributed by atoms with Crippen LogP contribution in [0.15, 0.2) is 24.3 Å². The first-order valence-corrected chi connectivity index (χ1v) is 8.81. The maximum absolute atomic E-state index is 12.3. The van der Waals surface area contributed by atoms with Crippen LogP contribution in [-0.4, -0.2) is 41.1 Å². The van der Waals surface area contributed by atoms with Crippen LogP contribution < -0.4 is 14.8 Å². The van der Waals surface area contributed by atoms with E-state index in [2.05, 4.69) is 23.4 Å². The van der Waals surface area contributed by atoms with Gasteiger partial charge in [0.1, 0.15) is 0 Å². The first kappa shape index (κ1) is 18.1. The number of ether oxygens (including phenoxy) is 2. The fourth-order valence-electron chi connectivity index (χ4n) is 3.00. The number of rotatable bonds is 6. The Labute approximate surface area is 153 Å². The third kappa shape index (κ3) is 4.28. The van der Waals surface area contributed by atoms with Crippen LogP contribution in [0.4, 0.5) is 4.79 Å². The number of carbonyl (C=O) groups excluding carboxylic acids is 1. The maximum Gasteiger partial charge on any atom is 0.317 e. The molecule has 0 saturated carbocycles. The number of benzene rings is 1. The lowest BCUT2D eigenvalue weighted by Gasteiger charge is -2.20. The Morgan fingerprint density at radius 1 is 1.31 bits per heavy atom. The van der Waals surface area contributed by atoms with Gasteiger partial charge in [-0.25, -0.2) is 4.79 Å². The van der Waals surface area contributed by atoms with Gasteiger partial charge in [-0.15, -0.1) is 0 Å². The molecule has 1 atom stereocenters. The molecule has 0 radical (unpaired) electrons. The van der Waals surface area contributed by atoms with Crippen LogP contribution in [0, 0.1) is 19.8 Å². The molecule has 3 rings (SSSR count). The molecule has 7 nitrogen and oxygen atoms in total. The molecule has 1 N–H and O–H groups in total. The van der Waals surface area contributed by atoms with E-state index in [1.54, 1.807) is 11.9 Å². The molecular formula is C19H26N4O3. The van der Waals surface area contributed by atoms with Gasteiger partial charge in [-0.2, -0.15) is 5.10 Å². The Balaban J connectivity index is 1.47. The highest BCUT2D eigenvalue weighted by Gasteiger charge is 2.16. The fourth-order valence-corrected chi connectivity index (χ4v) is 3.00. The number of aryl methyl sites for hydroxylation is 2. The van der Waals surface area contributed by atoms with Crippen LogP contribution in [0.25, 0.3) is 0 Å². The minimum absolute atomic E-state index is 0.0946. The lowest BCUT2D eigenvalue weighted by molar-refractivity contribution is 0.174. The minimum atomic E-state index is -0.0946. The summed E-state index contributed by atoms with van der Waals surface area (Å²) in [4.78, 5) is 14.0. The number of hydrogen-bond acceptors (Lipinski definition) is 4. The lowest BCUT2D eigenvalue weighted by Crippen LogP contribution is -2.39. The molecule has 0 bridgehead atoms. The quantitative estimate of drug-likeness (QED) is 0.862. The standard InChI is InChI=1S/C19H26N4O3/c1-13(10-23-15(3)7-14(2)21-23)9-20-19(24)22(4)11-16-5-6-17-18(8-16)26-12-25-17/h5-8,13H,9-12H2,1-4H3,(H,20,24)/t13-/m0/s1. The maximum atomic E-state index is 12.3. The molecular weight excluding hydrogens is 332 g/mol. The van der Waals surface area contributed by atoms with E-state index in [4.69, 9.17) is 9.47 Å². The number of aromatic nitrogens is 2. The van der Waals surface area contributed by atoms with Crippen LogP contribution in [-0.2, 0) is 13.1 Å². The first-order valence-electron chi connectivity index (χ1n) is 8.81. The second-order valence-electron chi connectivity index (χ2n) is 6.94. The molecule has 1 aliphatic rings. The van der Waals surface area contributed by atoms with Crippen LogP contribution in [0.5, 0.6) is 11.5 Å². The number of urea groups is 1. The highest BCUT2D eigenvalue weighted by Crippen LogP contribution is 2.32. The van der Waals surface area contributed by atoms with Crippen LogP contribution >= 0.6 is 0 Å². The van der Waals surface area contributed by atoms with Crippen molar-refractivity contribution < 1.29 is 14.3 Å². The smallest absolute Gasteiger partial charge is 0.317 e. The molecule has 0 unspecified atom stereocenters. The highest BCUT2D eigenvalue weighted by atomic mass is 16.7. The molecule has 0 fully saturated rings. The van der Waals surface area contributed by atoms with Crippen molar-refractivity contribution in [1.29, 1.82) is 0 Å². The molecule has 0 aliphatic carbocycles. The van der Waals surface area contributed by atoms with Gasteiger partial charge in [-0.1, -0.05) is 13.0 Å². The van der Waals surface area contributed by atoms with Crippen molar-refractivity contribution in [3.63, 3.8) is 0 Å². The summed E-state index contributed by atoms with van der Waals surface area (Å²) >= 11 is 0. The van der Waals surface area contributed by atoms with E-state index in [9.17, 15) is 4.79 Å². The van der Waals surface area contributed by atoms with E-state index in [1.807, 2.05) is 36.7 Å². The summed E-state index contributed by atoms with van der Waals surface area (Å²) in [6.07, 6.45) is 0. The molecule has 1 aliphatic heterocycles. The number of nitrogens with one attached hydrogen (secondary N) is 1. The Kier molecular flexibility index (Phi) is 5.35. The van der Waals surface area contributed by atoms with Crippen molar-refractivity contribution in [3.8, 4) is 11.5 Å². The summed E-state index contributed by atoms with van der Waals surface area (Å²) in [5.41, 5.74) is 3.16. The zero-order chi connectivity index (χ0) is 18.7. The molecule has 1 aromatic carbocycles. The van der Waals surface area contributed by atoms with Gasteiger partial charge in [-0.3, -0.25) is 4.68 Å². The SMILES string of the molecule is Cc1cc(C)n(C[C@@H](C)CNC(=O)N(C)Cc2ccc3c(c2)OCO3)n1. The van der Waals surface area contributed by atoms with E-state index in [1.165, 1.54) is 0 Å². The third-order valence-corrected chi connectivity index (χ3v) is 4.39. The first-order chi connectivity index (χ1) is 12.4. The predicted molar refractivity (Wildman–Crippen MR) is 98.3 cm³/mol. The molecule has 0 spiro atoms. The molecule has 2 aromatic rings. The summed E-state index contributed by atoms with van der Waals surface area (Å²) in [7, 11) is 1.78. The Hall–Kier alpha value is -2.70. The number of fused-ring (bicyclic) bond motifs is 1. The van der Waals surface area contributed by atoms with Gasteiger partial charge >= 0.3 is 6.03 Å². The molecule has 7 heteroatoms. The number of amides is 2. The predicted octanol–water partition coefficient (Wildman–Crippen LogP) is 2.71. The van der Waals surface area contributed by atoms with Crippen molar-refractivity contribution >= 4 is 6.03 Å². The zero-order valence-corrected chi connectivity index (χ0v) is 15.8. The number of nitrogens with zero attached hydrogens (tertiary/aromatic N) is 3. The Morgan fingerprint density at radius 2 is 2.08 bits per heavy atom. The van der Waals surface area contributed by atoms with Crippen LogP contribution in [0.2, 0.25) is 0 Å². The summed E-state index contributed by atoms with van der Waals surface area (Å²) < 4.78 is 12.7. The molecule has 140 valence electrons. The topological polar surface area (TPSA) is 68.6 Å². The summed E-state index contributed by atoms with van der Waals surface area (Å²) in [5, 5.41) is 7.46. The van der Waals surface area contributed by atoms with E-state index in [-0.39, 0.29) is 18.7 Å². The van der Waals surface area contributed by atoms with E-state index < -0.39 is 0 Å². The fraction of sp³-hybridized carbons (Fsp3) is 0.474. The Morgan fingerprint density at radius 3 is 2.81 bits per heavy atom. The van der Waals surface area contributed by atoms with E-state index >= 15 is 0 Å². The lowest BCUT2D eigenvalue weighted by atomic mass is 10.2. The van der Waals surface area contributed by atoms with E-state index in [0.29, 0.717) is 13.1 Å². The van der Waals surface area contributed by atoms with Crippen molar-refractivity contribution in [2.75, 3.05) is 20.4 Å².